The highest BCUT2D eigenvalue weighted by Gasteiger charge is 2.33. The Morgan fingerprint density at radius 1 is 1.53 bits per heavy atom. The molecule has 88 valence electrons. The van der Waals surface area contributed by atoms with Crippen LogP contribution in [0.3, 0.4) is 0 Å². The van der Waals surface area contributed by atoms with Gasteiger partial charge >= 0.3 is 0 Å². The molecule has 1 aliphatic carbocycles. The zero-order valence-corrected chi connectivity index (χ0v) is 10.7. The van der Waals surface area contributed by atoms with Gasteiger partial charge in [0.05, 0.1) is 0 Å². The fraction of sp³-hybridized carbons (Fsp3) is 0.857. The Labute approximate surface area is 95.3 Å². The van der Waals surface area contributed by atoms with Crippen molar-refractivity contribution in [3.8, 4) is 0 Å². The monoisotopic (exact) mass is 209 g/mol. The summed E-state index contributed by atoms with van der Waals surface area (Å²) in [5.74, 6) is 0. The Bertz CT molecular complexity index is 209. The molecule has 1 fully saturated rings. The van der Waals surface area contributed by atoms with Crippen LogP contribution in [-0.4, -0.2) is 12.6 Å². The molecule has 1 rings (SSSR count). The average molecular weight is 209 g/mol. The molecule has 0 bridgehead atoms. The summed E-state index contributed by atoms with van der Waals surface area (Å²) in [5.41, 5.74) is 1.91. The lowest BCUT2D eigenvalue weighted by Crippen LogP contribution is -2.28. The van der Waals surface area contributed by atoms with Gasteiger partial charge in [0.25, 0.3) is 0 Å². The predicted molar refractivity (Wildman–Crippen MR) is 68.1 cm³/mol. The van der Waals surface area contributed by atoms with E-state index >= 15 is 0 Å². The fourth-order valence-electron chi connectivity index (χ4n) is 2.59. The van der Waals surface area contributed by atoms with E-state index in [9.17, 15) is 0 Å². The first-order valence-corrected chi connectivity index (χ1v) is 6.43. The van der Waals surface area contributed by atoms with Crippen LogP contribution in [0.5, 0.6) is 0 Å². The van der Waals surface area contributed by atoms with Gasteiger partial charge in [0.15, 0.2) is 0 Å². The molecule has 0 radical (unpaired) electrons. The lowest BCUT2D eigenvalue weighted by molar-refractivity contribution is 0.298. The molecule has 0 aromatic heterocycles. The number of allylic oxidation sites excluding steroid dienone is 1. The van der Waals surface area contributed by atoms with Gasteiger partial charge in [-0.1, -0.05) is 19.4 Å². The molecular weight excluding hydrogens is 182 g/mol. The summed E-state index contributed by atoms with van der Waals surface area (Å²) < 4.78 is 0. The smallest absolute Gasteiger partial charge is 0.00724 e. The van der Waals surface area contributed by atoms with Crippen LogP contribution in [0.2, 0.25) is 0 Å². The second-order valence-electron chi connectivity index (χ2n) is 5.66. The molecule has 0 aromatic rings. The van der Waals surface area contributed by atoms with Crippen molar-refractivity contribution < 1.29 is 0 Å². The third-order valence-electron chi connectivity index (χ3n) is 3.67. The van der Waals surface area contributed by atoms with E-state index in [1.54, 1.807) is 0 Å². The van der Waals surface area contributed by atoms with Crippen molar-refractivity contribution in [2.75, 3.05) is 6.54 Å². The van der Waals surface area contributed by atoms with Crippen LogP contribution >= 0.6 is 0 Å². The molecule has 0 aliphatic heterocycles. The number of hydrogen-bond donors (Lipinski definition) is 1. The van der Waals surface area contributed by atoms with Crippen molar-refractivity contribution in [2.45, 2.75) is 65.3 Å². The maximum atomic E-state index is 4.00. The molecule has 0 aromatic carbocycles. The molecule has 2 unspecified atom stereocenters. The Hall–Kier alpha value is -0.300. The fourth-order valence-corrected chi connectivity index (χ4v) is 2.59. The van der Waals surface area contributed by atoms with Gasteiger partial charge in [-0.05, 0) is 57.4 Å². The van der Waals surface area contributed by atoms with E-state index in [1.807, 2.05) is 0 Å². The summed E-state index contributed by atoms with van der Waals surface area (Å²) in [4.78, 5) is 0. The van der Waals surface area contributed by atoms with Crippen molar-refractivity contribution in [1.82, 2.24) is 5.32 Å². The van der Waals surface area contributed by atoms with Crippen LogP contribution in [-0.2, 0) is 0 Å². The van der Waals surface area contributed by atoms with Crippen molar-refractivity contribution in [2.24, 2.45) is 5.41 Å². The molecule has 15 heavy (non-hydrogen) atoms. The maximum Gasteiger partial charge on any atom is 0.00724 e. The quantitative estimate of drug-likeness (QED) is 0.654. The van der Waals surface area contributed by atoms with Crippen molar-refractivity contribution in [3.63, 3.8) is 0 Å². The molecule has 2 atom stereocenters. The van der Waals surface area contributed by atoms with Crippen molar-refractivity contribution in [1.29, 1.82) is 0 Å². The molecule has 0 spiro atoms. The van der Waals surface area contributed by atoms with Crippen LogP contribution < -0.4 is 5.32 Å². The van der Waals surface area contributed by atoms with Crippen LogP contribution in [0, 0.1) is 5.41 Å². The van der Waals surface area contributed by atoms with Crippen LogP contribution in [0.25, 0.3) is 0 Å². The SMILES string of the molecule is C=C(C)CCC1(C)CCC(NCCC)C1. The summed E-state index contributed by atoms with van der Waals surface area (Å²) in [6.45, 7) is 12.0. The minimum Gasteiger partial charge on any atom is -0.314 e. The highest BCUT2D eigenvalue weighted by molar-refractivity contribution is 4.95. The van der Waals surface area contributed by atoms with E-state index in [-0.39, 0.29) is 0 Å². The molecule has 1 N–H and O–H groups in total. The van der Waals surface area contributed by atoms with Gasteiger partial charge in [0.1, 0.15) is 0 Å². The van der Waals surface area contributed by atoms with Crippen LogP contribution in [0.1, 0.15) is 59.3 Å². The molecule has 0 heterocycles. The summed E-state index contributed by atoms with van der Waals surface area (Å²) in [7, 11) is 0. The van der Waals surface area contributed by atoms with Gasteiger partial charge in [0.2, 0.25) is 0 Å². The second kappa shape index (κ2) is 5.69. The first-order chi connectivity index (χ1) is 7.06. The topological polar surface area (TPSA) is 12.0 Å². The zero-order valence-electron chi connectivity index (χ0n) is 10.7. The lowest BCUT2D eigenvalue weighted by atomic mass is 9.82. The largest absolute Gasteiger partial charge is 0.314 e. The lowest BCUT2D eigenvalue weighted by Gasteiger charge is -2.24. The minimum atomic E-state index is 0.574. The molecule has 0 saturated heterocycles. The Morgan fingerprint density at radius 2 is 2.27 bits per heavy atom. The van der Waals surface area contributed by atoms with Crippen molar-refractivity contribution in [3.05, 3.63) is 12.2 Å². The molecular formula is C14H27N. The number of rotatable bonds is 6. The van der Waals surface area contributed by atoms with E-state index in [2.05, 4.69) is 32.7 Å². The highest BCUT2D eigenvalue weighted by atomic mass is 14.9. The van der Waals surface area contributed by atoms with E-state index < -0.39 is 0 Å². The van der Waals surface area contributed by atoms with E-state index in [4.69, 9.17) is 0 Å². The highest BCUT2D eigenvalue weighted by Crippen LogP contribution is 2.42. The summed E-state index contributed by atoms with van der Waals surface area (Å²) in [6.07, 6.45) is 7.90. The molecule has 1 saturated carbocycles. The predicted octanol–water partition coefficient (Wildman–Crippen LogP) is 3.90. The van der Waals surface area contributed by atoms with E-state index in [0.29, 0.717) is 5.41 Å². The Morgan fingerprint density at radius 3 is 2.87 bits per heavy atom. The second-order valence-corrected chi connectivity index (χ2v) is 5.66. The molecule has 1 heteroatoms. The average Bonchev–Trinajstić information content (AvgIpc) is 2.55. The van der Waals surface area contributed by atoms with Gasteiger partial charge in [-0.15, -0.1) is 6.58 Å². The summed E-state index contributed by atoms with van der Waals surface area (Å²) >= 11 is 0. The maximum absolute atomic E-state index is 4.00. The van der Waals surface area contributed by atoms with Crippen LogP contribution in [0.15, 0.2) is 12.2 Å². The molecule has 1 aliphatic rings. The van der Waals surface area contributed by atoms with E-state index in [1.165, 1.54) is 50.6 Å². The summed E-state index contributed by atoms with van der Waals surface area (Å²) in [5, 5.41) is 3.65. The van der Waals surface area contributed by atoms with E-state index in [0.717, 1.165) is 6.04 Å². The normalized spacial score (nSPS) is 30.7. The van der Waals surface area contributed by atoms with Gasteiger partial charge in [0, 0.05) is 6.04 Å². The van der Waals surface area contributed by atoms with Crippen LogP contribution in [0.4, 0.5) is 0 Å². The van der Waals surface area contributed by atoms with Crippen molar-refractivity contribution >= 4 is 0 Å². The number of nitrogens with one attached hydrogen (secondary N) is 1. The van der Waals surface area contributed by atoms with Gasteiger partial charge in [-0.25, -0.2) is 0 Å². The first-order valence-electron chi connectivity index (χ1n) is 6.43. The third-order valence-corrected chi connectivity index (χ3v) is 3.67. The Kier molecular flexibility index (Phi) is 4.85. The Balaban J connectivity index is 2.29. The zero-order chi connectivity index (χ0) is 11.3. The summed E-state index contributed by atoms with van der Waals surface area (Å²) in [6, 6.07) is 0.778. The molecule has 1 nitrogen and oxygen atoms in total. The number of hydrogen-bond acceptors (Lipinski definition) is 1. The minimum absolute atomic E-state index is 0.574. The first kappa shape index (κ1) is 12.8. The molecule has 0 amide bonds. The third kappa shape index (κ3) is 4.38. The van der Waals surface area contributed by atoms with Gasteiger partial charge in [-0.3, -0.25) is 0 Å². The van der Waals surface area contributed by atoms with Gasteiger partial charge < -0.3 is 5.32 Å². The van der Waals surface area contributed by atoms with Gasteiger partial charge in [-0.2, -0.15) is 0 Å². The standard InChI is InChI=1S/C14H27N/c1-5-10-15-13-7-9-14(4,11-13)8-6-12(2)3/h13,15H,2,5-11H2,1,3-4H3.